The summed E-state index contributed by atoms with van der Waals surface area (Å²) in [7, 11) is 5.32. The number of carbonyl (C=O) groups is 2. The average Bonchev–Trinajstić information content (AvgIpc) is 3.13. The zero-order valence-electron chi connectivity index (χ0n) is 21.2. The molecule has 1 amide bonds. The lowest BCUT2D eigenvalue weighted by atomic mass is 9.94. The molecule has 1 unspecified atom stereocenters. The second-order valence-electron chi connectivity index (χ2n) is 8.84. The fourth-order valence-electron chi connectivity index (χ4n) is 4.45. The highest BCUT2D eigenvalue weighted by atomic mass is 35.5. The molecular formula is C29H29ClN2O5. The van der Waals surface area contributed by atoms with Gasteiger partial charge in [-0.05, 0) is 60.5 Å². The summed E-state index contributed by atoms with van der Waals surface area (Å²) in [6.45, 7) is 2.55. The summed E-state index contributed by atoms with van der Waals surface area (Å²) in [6.07, 6.45) is 0. The topological polar surface area (TPSA) is 79.3 Å². The number of benzene rings is 3. The van der Waals surface area contributed by atoms with Crippen LogP contribution in [0.3, 0.4) is 0 Å². The number of likely N-dealkylation sites (tertiary alicyclic amines) is 1. The number of ketones is 1. The Kier molecular flexibility index (Phi) is 7.74. The number of methoxy groups -OCH3 is 1. The number of hydrogen-bond acceptors (Lipinski definition) is 6. The van der Waals surface area contributed by atoms with Crippen LogP contribution in [0.1, 0.15) is 29.7 Å². The zero-order chi connectivity index (χ0) is 26.7. The average molecular weight is 521 g/mol. The molecule has 3 aromatic rings. The van der Waals surface area contributed by atoms with E-state index in [4.69, 9.17) is 21.1 Å². The van der Waals surface area contributed by atoms with E-state index < -0.39 is 17.7 Å². The van der Waals surface area contributed by atoms with E-state index in [1.54, 1.807) is 12.1 Å². The van der Waals surface area contributed by atoms with Gasteiger partial charge in [0.15, 0.2) is 0 Å². The van der Waals surface area contributed by atoms with E-state index in [2.05, 4.69) is 0 Å². The molecule has 1 heterocycles. The van der Waals surface area contributed by atoms with E-state index in [1.165, 1.54) is 18.1 Å². The van der Waals surface area contributed by atoms with Gasteiger partial charge in [0.25, 0.3) is 11.7 Å². The van der Waals surface area contributed by atoms with Crippen molar-refractivity contribution in [3.63, 3.8) is 0 Å². The number of nitrogens with zero attached hydrogens (tertiary/aromatic N) is 2. The second kappa shape index (κ2) is 11.0. The minimum Gasteiger partial charge on any atom is -0.507 e. The number of hydrogen-bond donors (Lipinski definition) is 1. The van der Waals surface area contributed by atoms with Crippen molar-refractivity contribution in [3.8, 4) is 11.5 Å². The third-order valence-corrected chi connectivity index (χ3v) is 6.48. The first kappa shape index (κ1) is 26.1. The quantitative estimate of drug-likeness (QED) is 0.242. The van der Waals surface area contributed by atoms with E-state index >= 15 is 0 Å². The summed E-state index contributed by atoms with van der Waals surface area (Å²) >= 11 is 6.20. The maximum atomic E-state index is 13.4. The van der Waals surface area contributed by atoms with Gasteiger partial charge in [-0.1, -0.05) is 35.9 Å². The van der Waals surface area contributed by atoms with Gasteiger partial charge in [0.1, 0.15) is 17.3 Å². The summed E-state index contributed by atoms with van der Waals surface area (Å²) in [4.78, 5) is 30.2. The summed E-state index contributed by atoms with van der Waals surface area (Å²) in [6, 6.07) is 18.8. The van der Waals surface area contributed by atoms with E-state index in [-0.39, 0.29) is 23.4 Å². The van der Waals surface area contributed by atoms with Gasteiger partial charge >= 0.3 is 0 Å². The lowest BCUT2D eigenvalue weighted by Crippen LogP contribution is -2.29. The molecule has 0 spiro atoms. The van der Waals surface area contributed by atoms with Crippen LogP contribution in [0.2, 0.25) is 5.02 Å². The number of Topliss-reactive ketones (excluding diaryl/α,β-unsaturated/α-hetero) is 1. The molecular weight excluding hydrogens is 492 g/mol. The molecule has 1 fully saturated rings. The van der Waals surface area contributed by atoms with Crippen LogP contribution in [0.4, 0.5) is 5.69 Å². The van der Waals surface area contributed by atoms with Crippen LogP contribution in [0.25, 0.3) is 5.76 Å². The first-order chi connectivity index (χ1) is 17.7. The minimum absolute atomic E-state index is 0.0240. The first-order valence-electron chi connectivity index (χ1n) is 11.9. The molecule has 0 radical (unpaired) electrons. The summed E-state index contributed by atoms with van der Waals surface area (Å²) in [5.74, 6) is -0.815. The van der Waals surface area contributed by atoms with Gasteiger partial charge in [0, 0.05) is 31.4 Å². The maximum Gasteiger partial charge on any atom is 0.295 e. The number of halogens is 1. The summed E-state index contributed by atoms with van der Waals surface area (Å²) in [5.41, 5.74) is 2.66. The molecule has 8 heteroatoms. The van der Waals surface area contributed by atoms with Crippen LogP contribution >= 0.6 is 11.6 Å². The Bertz CT molecular complexity index is 1350. The Balaban J connectivity index is 1.87. The van der Waals surface area contributed by atoms with Crippen molar-refractivity contribution in [2.24, 2.45) is 0 Å². The molecule has 37 heavy (non-hydrogen) atoms. The summed E-state index contributed by atoms with van der Waals surface area (Å²) in [5, 5.41) is 11.8. The predicted octanol–water partition coefficient (Wildman–Crippen LogP) is 5.44. The molecule has 1 atom stereocenters. The standard InChI is InChI=1S/C29H29ClN2O5/c1-5-37-22-8-6-7-18(15-22)17-32-26(19-9-12-21(13-10-19)31(2)3)25(28(34)29(32)35)27(33)23-16-20(30)11-14-24(23)36-4/h6-16,26,33H,5,17H2,1-4H3/b27-25+. The molecule has 0 bridgehead atoms. The van der Waals surface area contributed by atoms with Gasteiger partial charge in [0.2, 0.25) is 0 Å². The lowest BCUT2D eigenvalue weighted by Gasteiger charge is -2.26. The second-order valence-corrected chi connectivity index (χ2v) is 9.27. The van der Waals surface area contributed by atoms with Gasteiger partial charge < -0.3 is 24.4 Å². The highest BCUT2D eigenvalue weighted by molar-refractivity contribution is 6.46. The lowest BCUT2D eigenvalue weighted by molar-refractivity contribution is -0.140. The van der Waals surface area contributed by atoms with Gasteiger partial charge in [0.05, 0.1) is 30.9 Å². The predicted molar refractivity (Wildman–Crippen MR) is 144 cm³/mol. The van der Waals surface area contributed by atoms with Gasteiger partial charge in [-0.15, -0.1) is 0 Å². The number of aliphatic hydroxyl groups is 1. The number of amides is 1. The Morgan fingerprint density at radius 1 is 1.05 bits per heavy atom. The molecule has 4 rings (SSSR count). The third kappa shape index (κ3) is 5.27. The summed E-state index contributed by atoms with van der Waals surface area (Å²) < 4.78 is 11.0. The number of ether oxygens (including phenoxy) is 2. The van der Waals surface area contributed by atoms with Gasteiger partial charge in [-0.3, -0.25) is 9.59 Å². The molecule has 1 aliphatic heterocycles. The molecule has 0 saturated carbocycles. The fraction of sp³-hybridized carbons (Fsp3) is 0.241. The van der Waals surface area contributed by atoms with E-state index in [0.717, 1.165) is 11.3 Å². The van der Waals surface area contributed by atoms with Crippen LogP contribution < -0.4 is 14.4 Å². The molecule has 1 saturated heterocycles. The molecule has 192 valence electrons. The van der Waals surface area contributed by atoms with E-state index in [0.29, 0.717) is 28.7 Å². The van der Waals surface area contributed by atoms with Gasteiger partial charge in [-0.2, -0.15) is 0 Å². The van der Waals surface area contributed by atoms with Crippen LogP contribution in [-0.4, -0.2) is 49.5 Å². The van der Waals surface area contributed by atoms with Crippen LogP contribution in [0.5, 0.6) is 11.5 Å². The van der Waals surface area contributed by atoms with Crippen molar-refractivity contribution in [3.05, 3.63) is 94.0 Å². The molecule has 0 aromatic heterocycles. The molecule has 3 aromatic carbocycles. The molecule has 1 aliphatic rings. The van der Waals surface area contributed by atoms with Crippen LogP contribution in [0.15, 0.2) is 72.3 Å². The number of aliphatic hydroxyl groups excluding tert-OH is 1. The Hall–Kier alpha value is -3.97. The van der Waals surface area contributed by atoms with Crippen LogP contribution in [-0.2, 0) is 16.1 Å². The third-order valence-electron chi connectivity index (χ3n) is 6.24. The smallest absolute Gasteiger partial charge is 0.295 e. The SMILES string of the molecule is CCOc1cccc(CN2C(=O)C(=O)/C(=C(/O)c3cc(Cl)ccc3OC)C2c2ccc(N(C)C)cc2)c1. The van der Waals surface area contributed by atoms with Crippen LogP contribution in [0, 0.1) is 0 Å². The zero-order valence-corrected chi connectivity index (χ0v) is 22.0. The number of anilines is 1. The fourth-order valence-corrected chi connectivity index (χ4v) is 4.62. The molecule has 7 nitrogen and oxygen atoms in total. The number of carbonyl (C=O) groups excluding carboxylic acids is 2. The number of rotatable bonds is 8. The van der Waals surface area contributed by atoms with E-state index in [1.807, 2.05) is 74.4 Å². The normalized spacial score (nSPS) is 16.7. The van der Waals surface area contributed by atoms with Crippen molar-refractivity contribution in [1.82, 2.24) is 4.90 Å². The minimum atomic E-state index is -0.823. The highest BCUT2D eigenvalue weighted by Crippen LogP contribution is 2.42. The van der Waals surface area contributed by atoms with Crippen molar-refractivity contribution in [1.29, 1.82) is 0 Å². The van der Waals surface area contributed by atoms with Crippen molar-refractivity contribution < 1.29 is 24.2 Å². The Morgan fingerprint density at radius 3 is 2.43 bits per heavy atom. The monoisotopic (exact) mass is 520 g/mol. The Morgan fingerprint density at radius 2 is 1.78 bits per heavy atom. The first-order valence-corrected chi connectivity index (χ1v) is 12.2. The Labute approximate surface area is 221 Å². The molecule has 0 aliphatic carbocycles. The molecule has 1 N–H and O–H groups in total. The highest BCUT2D eigenvalue weighted by Gasteiger charge is 2.46. The maximum absolute atomic E-state index is 13.4. The van der Waals surface area contributed by atoms with Crippen molar-refractivity contribution in [2.75, 3.05) is 32.7 Å². The van der Waals surface area contributed by atoms with Crippen molar-refractivity contribution >= 4 is 34.7 Å². The van der Waals surface area contributed by atoms with Gasteiger partial charge in [-0.25, -0.2) is 0 Å². The van der Waals surface area contributed by atoms with Crippen molar-refractivity contribution in [2.45, 2.75) is 19.5 Å². The van der Waals surface area contributed by atoms with E-state index in [9.17, 15) is 14.7 Å². The largest absolute Gasteiger partial charge is 0.507 e.